The summed E-state index contributed by atoms with van der Waals surface area (Å²) in [5, 5.41) is 24.1. The topological polar surface area (TPSA) is 114 Å². The molecule has 0 saturated heterocycles. The zero-order chi connectivity index (χ0) is 17.5. The number of phenols is 1. The number of methoxy groups -OCH3 is 1. The zero-order valence-electron chi connectivity index (χ0n) is 12.7. The van der Waals surface area contributed by atoms with E-state index in [1.807, 2.05) is 6.07 Å². The van der Waals surface area contributed by atoms with E-state index < -0.39 is 16.9 Å². The van der Waals surface area contributed by atoms with Crippen molar-refractivity contribution in [1.82, 2.24) is 5.43 Å². The molecular weight excluding hydrogens is 314 g/mol. The van der Waals surface area contributed by atoms with Crippen LogP contribution in [0, 0.1) is 10.1 Å². The molecule has 0 saturated carbocycles. The Morgan fingerprint density at radius 2 is 2.04 bits per heavy atom. The Bertz CT molecular complexity index is 762. The van der Waals surface area contributed by atoms with Crippen LogP contribution in [0.2, 0.25) is 0 Å². The SMILES string of the molecule is COC(C(=O)NN=Cc1cc([N+](=O)[O-])ccc1O)c1ccccc1. The number of nitro benzene ring substituents is 1. The summed E-state index contributed by atoms with van der Waals surface area (Å²) in [5.74, 6) is -0.699. The van der Waals surface area contributed by atoms with E-state index in [2.05, 4.69) is 10.5 Å². The van der Waals surface area contributed by atoms with E-state index in [-0.39, 0.29) is 17.0 Å². The number of ether oxygens (including phenoxy) is 1. The third kappa shape index (κ3) is 4.14. The summed E-state index contributed by atoms with van der Waals surface area (Å²) in [6, 6.07) is 12.4. The first-order valence-electron chi connectivity index (χ1n) is 6.91. The van der Waals surface area contributed by atoms with E-state index in [0.717, 1.165) is 12.3 Å². The van der Waals surface area contributed by atoms with Gasteiger partial charge < -0.3 is 9.84 Å². The standard InChI is InChI=1S/C16H15N3O5/c1-24-15(11-5-3-2-4-6-11)16(21)18-17-10-12-9-13(19(22)23)7-8-14(12)20/h2-10,15,20H,1H3,(H,18,21). The number of carbonyl (C=O) groups excluding carboxylic acids is 1. The van der Waals surface area contributed by atoms with Crippen LogP contribution in [0.5, 0.6) is 5.75 Å². The summed E-state index contributed by atoms with van der Waals surface area (Å²) in [6.07, 6.45) is 0.278. The highest BCUT2D eigenvalue weighted by Crippen LogP contribution is 2.21. The van der Waals surface area contributed by atoms with E-state index in [1.54, 1.807) is 24.3 Å². The Hall–Kier alpha value is -3.26. The number of non-ortho nitro benzene ring substituents is 1. The maximum absolute atomic E-state index is 12.1. The number of hydrazone groups is 1. The van der Waals surface area contributed by atoms with Gasteiger partial charge in [0.15, 0.2) is 6.10 Å². The summed E-state index contributed by atoms with van der Waals surface area (Å²) in [7, 11) is 1.40. The summed E-state index contributed by atoms with van der Waals surface area (Å²) in [6.45, 7) is 0. The molecule has 0 aliphatic carbocycles. The number of hydrogen-bond acceptors (Lipinski definition) is 6. The zero-order valence-corrected chi connectivity index (χ0v) is 12.7. The third-order valence-corrected chi connectivity index (χ3v) is 3.18. The molecule has 24 heavy (non-hydrogen) atoms. The van der Waals surface area contributed by atoms with E-state index >= 15 is 0 Å². The van der Waals surface area contributed by atoms with Crippen LogP contribution in [0.1, 0.15) is 17.2 Å². The lowest BCUT2D eigenvalue weighted by Gasteiger charge is -2.13. The molecule has 8 nitrogen and oxygen atoms in total. The molecule has 8 heteroatoms. The number of rotatable bonds is 6. The molecule has 2 rings (SSSR count). The Morgan fingerprint density at radius 1 is 1.33 bits per heavy atom. The van der Waals surface area contributed by atoms with Crippen LogP contribution in [0.15, 0.2) is 53.6 Å². The molecule has 0 aliphatic heterocycles. The normalized spacial score (nSPS) is 12.0. The molecule has 0 radical (unpaired) electrons. The van der Waals surface area contributed by atoms with Crippen molar-refractivity contribution >= 4 is 17.8 Å². The van der Waals surface area contributed by atoms with Gasteiger partial charge in [-0.3, -0.25) is 14.9 Å². The van der Waals surface area contributed by atoms with Gasteiger partial charge in [0.05, 0.1) is 11.1 Å². The van der Waals surface area contributed by atoms with Crippen LogP contribution >= 0.6 is 0 Å². The number of hydrogen-bond donors (Lipinski definition) is 2. The van der Waals surface area contributed by atoms with Crippen molar-refractivity contribution < 1.29 is 19.6 Å². The lowest BCUT2D eigenvalue weighted by molar-refractivity contribution is -0.384. The Balaban J connectivity index is 2.09. The monoisotopic (exact) mass is 329 g/mol. The quantitative estimate of drug-likeness (QED) is 0.479. The second-order valence-corrected chi connectivity index (χ2v) is 4.76. The highest BCUT2D eigenvalue weighted by atomic mass is 16.6. The molecule has 2 N–H and O–H groups in total. The summed E-state index contributed by atoms with van der Waals surface area (Å²) in [5.41, 5.74) is 2.85. The second-order valence-electron chi connectivity index (χ2n) is 4.76. The molecule has 0 fully saturated rings. The van der Waals surface area contributed by atoms with Gasteiger partial charge in [-0.25, -0.2) is 5.43 Å². The van der Waals surface area contributed by atoms with Crippen molar-refractivity contribution in [2.45, 2.75) is 6.10 Å². The average molecular weight is 329 g/mol. The van der Waals surface area contributed by atoms with Crippen LogP contribution < -0.4 is 5.43 Å². The van der Waals surface area contributed by atoms with Crippen LogP contribution in [0.3, 0.4) is 0 Å². The minimum absolute atomic E-state index is 0.109. The van der Waals surface area contributed by atoms with Crippen molar-refractivity contribution in [3.63, 3.8) is 0 Å². The molecule has 1 amide bonds. The van der Waals surface area contributed by atoms with E-state index in [9.17, 15) is 20.0 Å². The molecule has 0 aliphatic rings. The van der Waals surface area contributed by atoms with E-state index in [0.29, 0.717) is 5.56 Å². The van der Waals surface area contributed by atoms with Gasteiger partial charge >= 0.3 is 0 Å². The minimum atomic E-state index is -0.845. The predicted molar refractivity (Wildman–Crippen MR) is 86.7 cm³/mol. The second kappa shape index (κ2) is 7.84. The first-order chi connectivity index (χ1) is 11.5. The molecule has 2 aromatic carbocycles. The lowest BCUT2D eigenvalue weighted by Crippen LogP contribution is -2.26. The van der Waals surface area contributed by atoms with E-state index in [4.69, 9.17) is 4.74 Å². The minimum Gasteiger partial charge on any atom is -0.507 e. The molecular formula is C16H15N3O5. The fourth-order valence-corrected chi connectivity index (χ4v) is 2.01. The number of nitrogens with zero attached hydrogens (tertiary/aromatic N) is 2. The Morgan fingerprint density at radius 3 is 2.67 bits per heavy atom. The molecule has 0 spiro atoms. The number of aromatic hydroxyl groups is 1. The van der Waals surface area contributed by atoms with Crippen molar-refractivity contribution in [3.05, 3.63) is 69.8 Å². The first kappa shape index (κ1) is 17.1. The van der Waals surface area contributed by atoms with Gasteiger partial charge in [-0.2, -0.15) is 5.10 Å². The lowest BCUT2D eigenvalue weighted by atomic mass is 10.1. The summed E-state index contributed by atoms with van der Waals surface area (Å²) >= 11 is 0. The van der Waals surface area contributed by atoms with Crippen molar-refractivity contribution in [2.24, 2.45) is 5.10 Å². The summed E-state index contributed by atoms with van der Waals surface area (Å²) in [4.78, 5) is 22.2. The Kier molecular flexibility index (Phi) is 5.58. The number of carbonyl (C=O) groups is 1. The predicted octanol–water partition coefficient (Wildman–Crippen LogP) is 2.14. The van der Waals surface area contributed by atoms with Crippen molar-refractivity contribution in [1.29, 1.82) is 0 Å². The van der Waals surface area contributed by atoms with Crippen molar-refractivity contribution in [3.8, 4) is 5.75 Å². The highest BCUT2D eigenvalue weighted by Gasteiger charge is 2.19. The van der Waals surface area contributed by atoms with Gasteiger partial charge in [-0.1, -0.05) is 30.3 Å². The fraction of sp³-hybridized carbons (Fsp3) is 0.125. The van der Waals surface area contributed by atoms with Gasteiger partial charge in [-0.15, -0.1) is 0 Å². The van der Waals surface area contributed by atoms with Crippen LogP contribution in [-0.2, 0) is 9.53 Å². The van der Waals surface area contributed by atoms with Crippen LogP contribution in [0.4, 0.5) is 5.69 Å². The number of nitrogens with one attached hydrogen (secondary N) is 1. The van der Waals surface area contributed by atoms with Gasteiger partial charge in [0.1, 0.15) is 5.75 Å². The average Bonchev–Trinajstić information content (AvgIpc) is 2.58. The third-order valence-electron chi connectivity index (χ3n) is 3.18. The molecule has 1 unspecified atom stereocenters. The largest absolute Gasteiger partial charge is 0.507 e. The van der Waals surface area contributed by atoms with Crippen LogP contribution in [-0.4, -0.2) is 29.3 Å². The molecule has 0 bridgehead atoms. The van der Waals surface area contributed by atoms with Crippen molar-refractivity contribution in [2.75, 3.05) is 7.11 Å². The highest BCUT2D eigenvalue weighted by molar-refractivity contribution is 5.87. The maximum atomic E-state index is 12.1. The van der Waals surface area contributed by atoms with Gasteiger partial charge in [0.2, 0.25) is 0 Å². The van der Waals surface area contributed by atoms with Gasteiger partial charge in [0.25, 0.3) is 11.6 Å². The van der Waals surface area contributed by atoms with Gasteiger partial charge in [0, 0.05) is 24.8 Å². The molecule has 0 heterocycles. The Labute approximate surface area is 137 Å². The number of phenolic OH excluding ortho intramolecular Hbond substituents is 1. The number of benzene rings is 2. The molecule has 1 atom stereocenters. The molecule has 2 aromatic rings. The maximum Gasteiger partial charge on any atom is 0.273 e. The van der Waals surface area contributed by atoms with Gasteiger partial charge in [-0.05, 0) is 11.6 Å². The summed E-state index contributed by atoms with van der Waals surface area (Å²) < 4.78 is 5.15. The first-order valence-corrected chi connectivity index (χ1v) is 6.91. The number of amides is 1. The van der Waals surface area contributed by atoms with E-state index in [1.165, 1.54) is 19.2 Å². The van der Waals surface area contributed by atoms with Crippen LogP contribution in [0.25, 0.3) is 0 Å². The number of nitro groups is 1. The smallest absolute Gasteiger partial charge is 0.273 e. The molecule has 124 valence electrons. The fourth-order valence-electron chi connectivity index (χ4n) is 2.01. The molecule has 0 aromatic heterocycles.